The molecule has 0 heterocycles. The maximum atomic E-state index is 11.0. The summed E-state index contributed by atoms with van der Waals surface area (Å²) in [7, 11) is 0. The topological polar surface area (TPSA) is 52.3 Å². The summed E-state index contributed by atoms with van der Waals surface area (Å²) < 4.78 is 5.65. The molecule has 3 nitrogen and oxygen atoms in total. The van der Waals surface area contributed by atoms with Crippen LogP contribution in [0.2, 0.25) is 0 Å². The first-order valence-corrected chi connectivity index (χ1v) is 5.86. The van der Waals surface area contributed by atoms with Gasteiger partial charge in [0.1, 0.15) is 6.04 Å². The predicted octanol–water partition coefficient (Wildman–Crippen LogP) is 1.52. The van der Waals surface area contributed by atoms with Gasteiger partial charge in [-0.25, -0.2) is 0 Å². The van der Waals surface area contributed by atoms with E-state index in [2.05, 4.69) is 22.5 Å². The highest BCUT2D eigenvalue weighted by Crippen LogP contribution is 2.12. The molecule has 76 valence electrons. The van der Waals surface area contributed by atoms with Crippen LogP contribution < -0.4 is 5.73 Å². The minimum Gasteiger partial charge on any atom is -0.465 e. The Morgan fingerprint density at radius 2 is 2.38 bits per heavy atom. The lowest BCUT2D eigenvalue weighted by Crippen LogP contribution is -2.34. The number of carbonyl (C=O) groups is 1. The molecule has 0 fully saturated rings. The molecule has 0 bridgehead atoms. The maximum Gasteiger partial charge on any atom is 0.323 e. The molecule has 0 aromatic rings. The van der Waals surface area contributed by atoms with Gasteiger partial charge in [0, 0.05) is 11.5 Å². The van der Waals surface area contributed by atoms with Crippen molar-refractivity contribution in [2.75, 3.05) is 18.1 Å². The van der Waals surface area contributed by atoms with Crippen molar-refractivity contribution in [3.8, 4) is 0 Å². The van der Waals surface area contributed by atoms with Gasteiger partial charge >= 0.3 is 5.97 Å². The molecule has 0 rings (SSSR count). The van der Waals surface area contributed by atoms with E-state index < -0.39 is 6.04 Å². The molecule has 1 atom stereocenters. The fraction of sp³-hybridized carbons (Fsp3) is 0.625. The monoisotopic (exact) mass is 267 g/mol. The molecule has 0 radical (unpaired) electrons. The summed E-state index contributed by atoms with van der Waals surface area (Å²) in [5.74, 6) is 0.978. The Bertz CT molecular complexity index is 187. The van der Waals surface area contributed by atoms with Crippen LogP contribution in [-0.4, -0.2) is 30.1 Å². The summed E-state index contributed by atoms with van der Waals surface area (Å²) in [5, 5.41) is 0. The molecule has 13 heavy (non-hydrogen) atoms. The molecule has 0 aliphatic heterocycles. The molecular formula is C8H14BrNO2S. The number of hydrogen-bond acceptors (Lipinski definition) is 4. The van der Waals surface area contributed by atoms with E-state index in [0.29, 0.717) is 12.4 Å². The van der Waals surface area contributed by atoms with Crippen LogP contribution >= 0.6 is 27.7 Å². The standard InChI is InChI=1S/C8H14BrNO2S/c1-3-12-8(11)7(10)5-13-4-6(2)9/h7H,2-5,10H2,1H3. The number of rotatable bonds is 6. The highest BCUT2D eigenvalue weighted by molar-refractivity contribution is 9.11. The molecule has 0 spiro atoms. The third kappa shape index (κ3) is 7.10. The third-order valence-electron chi connectivity index (χ3n) is 1.15. The highest BCUT2D eigenvalue weighted by Gasteiger charge is 2.13. The molecule has 0 aromatic carbocycles. The van der Waals surface area contributed by atoms with E-state index in [4.69, 9.17) is 10.5 Å². The van der Waals surface area contributed by atoms with Crippen LogP contribution in [0, 0.1) is 0 Å². The van der Waals surface area contributed by atoms with Crippen LogP contribution in [0.25, 0.3) is 0 Å². The van der Waals surface area contributed by atoms with Crippen LogP contribution in [0.4, 0.5) is 0 Å². The van der Waals surface area contributed by atoms with E-state index in [0.717, 1.165) is 10.2 Å². The van der Waals surface area contributed by atoms with Crippen LogP contribution in [0.5, 0.6) is 0 Å². The summed E-state index contributed by atoms with van der Waals surface area (Å²) in [6, 6.07) is -0.531. The number of halogens is 1. The predicted molar refractivity (Wildman–Crippen MR) is 60.0 cm³/mol. The Balaban J connectivity index is 3.55. The molecule has 1 unspecified atom stereocenters. The molecule has 2 N–H and O–H groups in total. The largest absolute Gasteiger partial charge is 0.465 e. The maximum absolute atomic E-state index is 11.0. The first-order valence-electron chi connectivity index (χ1n) is 3.91. The Morgan fingerprint density at radius 3 is 2.85 bits per heavy atom. The highest BCUT2D eigenvalue weighted by atomic mass is 79.9. The quantitative estimate of drug-likeness (QED) is 0.742. The van der Waals surface area contributed by atoms with Gasteiger partial charge in [0.05, 0.1) is 6.61 Å². The second kappa shape index (κ2) is 7.41. The van der Waals surface area contributed by atoms with Gasteiger partial charge < -0.3 is 10.5 Å². The summed E-state index contributed by atoms with van der Waals surface area (Å²) in [6.45, 7) is 5.81. The van der Waals surface area contributed by atoms with Crippen molar-refractivity contribution in [3.63, 3.8) is 0 Å². The zero-order valence-corrected chi connectivity index (χ0v) is 9.99. The Morgan fingerprint density at radius 1 is 1.77 bits per heavy atom. The lowest BCUT2D eigenvalue weighted by Gasteiger charge is -2.09. The van der Waals surface area contributed by atoms with Crippen molar-refractivity contribution in [1.82, 2.24) is 0 Å². The van der Waals surface area contributed by atoms with Crippen LogP contribution in [0.15, 0.2) is 11.1 Å². The van der Waals surface area contributed by atoms with Gasteiger partial charge in [-0.15, -0.1) is 0 Å². The average molecular weight is 268 g/mol. The average Bonchev–Trinajstić information content (AvgIpc) is 2.04. The number of hydrogen-bond donors (Lipinski definition) is 1. The van der Waals surface area contributed by atoms with Gasteiger partial charge in [-0.05, 0) is 11.4 Å². The molecule has 0 saturated heterocycles. The molecule has 0 aromatic heterocycles. The van der Waals surface area contributed by atoms with E-state index in [1.165, 1.54) is 0 Å². The smallest absolute Gasteiger partial charge is 0.323 e. The molecule has 0 aliphatic rings. The normalized spacial score (nSPS) is 12.2. The Kier molecular flexibility index (Phi) is 7.41. The number of carbonyl (C=O) groups excluding carboxylic acids is 1. The van der Waals surface area contributed by atoms with Crippen LogP contribution in [0.1, 0.15) is 6.92 Å². The number of ether oxygens (including phenoxy) is 1. The van der Waals surface area contributed by atoms with Crippen molar-refractivity contribution < 1.29 is 9.53 Å². The molecule has 0 aliphatic carbocycles. The van der Waals surface area contributed by atoms with Gasteiger partial charge in [0.2, 0.25) is 0 Å². The second-order valence-electron chi connectivity index (χ2n) is 2.39. The first-order chi connectivity index (χ1) is 6.07. The fourth-order valence-corrected chi connectivity index (χ4v) is 1.83. The molecular weight excluding hydrogens is 254 g/mol. The SMILES string of the molecule is C=C(Br)CSCC(N)C(=O)OCC. The zero-order chi connectivity index (χ0) is 10.3. The van der Waals surface area contributed by atoms with Crippen LogP contribution in [0.3, 0.4) is 0 Å². The Labute approximate surface area is 91.2 Å². The van der Waals surface area contributed by atoms with Gasteiger partial charge in [0.15, 0.2) is 0 Å². The first kappa shape index (κ1) is 13.0. The van der Waals surface area contributed by atoms with E-state index in [-0.39, 0.29) is 5.97 Å². The molecule has 5 heteroatoms. The summed E-state index contributed by atoms with van der Waals surface area (Å²) >= 11 is 4.77. The zero-order valence-electron chi connectivity index (χ0n) is 7.59. The van der Waals surface area contributed by atoms with Crippen LogP contribution in [-0.2, 0) is 9.53 Å². The van der Waals surface area contributed by atoms with Crippen molar-refractivity contribution in [1.29, 1.82) is 0 Å². The summed E-state index contributed by atoms with van der Waals surface area (Å²) in [6.07, 6.45) is 0. The number of thioether (sulfide) groups is 1. The number of esters is 1. The van der Waals surface area contributed by atoms with Crippen molar-refractivity contribution >= 4 is 33.7 Å². The summed E-state index contributed by atoms with van der Waals surface area (Å²) in [5.41, 5.74) is 5.55. The van der Waals surface area contributed by atoms with E-state index in [1.807, 2.05) is 0 Å². The number of nitrogens with two attached hydrogens (primary N) is 1. The lowest BCUT2D eigenvalue weighted by atomic mass is 10.4. The third-order valence-corrected chi connectivity index (χ3v) is 2.94. The fourth-order valence-electron chi connectivity index (χ4n) is 0.614. The minimum absolute atomic E-state index is 0.338. The van der Waals surface area contributed by atoms with Gasteiger partial charge in [-0.3, -0.25) is 4.79 Å². The molecule has 0 saturated carbocycles. The van der Waals surface area contributed by atoms with E-state index in [9.17, 15) is 4.79 Å². The second-order valence-corrected chi connectivity index (χ2v) is 4.54. The van der Waals surface area contributed by atoms with Crippen molar-refractivity contribution in [3.05, 3.63) is 11.1 Å². The minimum atomic E-state index is -0.531. The van der Waals surface area contributed by atoms with Gasteiger partial charge in [-0.2, -0.15) is 11.8 Å². The van der Waals surface area contributed by atoms with Gasteiger partial charge in [-0.1, -0.05) is 22.5 Å². The lowest BCUT2D eigenvalue weighted by molar-refractivity contribution is -0.144. The van der Waals surface area contributed by atoms with Crippen molar-refractivity contribution in [2.24, 2.45) is 5.73 Å². The van der Waals surface area contributed by atoms with E-state index >= 15 is 0 Å². The van der Waals surface area contributed by atoms with Crippen molar-refractivity contribution in [2.45, 2.75) is 13.0 Å². The van der Waals surface area contributed by atoms with E-state index in [1.54, 1.807) is 18.7 Å². The Hall–Kier alpha value is -0.000000000000000111. The molecule has 0 amide bonds. The summed E-state index contributed by atoms with van der Waals surface area (Å²) in [4.78, 5) is 11.0. The van der Waals surface area contributed by atoms with Gasteiger partial charge in [0.25, 0.3) is 0 Å².